The first-order valence-corrected chi connectivity index (χ1v) is 8.18. The van der Waals surface area contributed by atoms with Gasteiger partial charge in [-0.2, -0.15) is 0 Å². The van der Waals surface area contributed by atoms with Crippen molar-refractivity contribution in [3.8, 4) is 0 Å². The molecule has 0 aromatic heterocycles. The Bertz CT molecular complexity index is 582. The standard InChI is InChI=1S/C18H21NO4/c20-16(19-15-7-2-1-3-8-15)11-23-18(22)14-9-12-5-4-6-13(10-14)17(12)21/h1-3,7-8,12-14H,4-6,9-11H2,(H,19,20)/t12-,13-/m0/s1. The van der Waals surface area contributed by atoms with Gasteiger partial charge in [0.2, 0.25) is 0 Å². The van der Waals surface area contributed by atoms with Gasteiger partial charge in [0.05, 0.1) is 5.92 Å². The topological polar surface area (TPSA) is 72.5 Å². The fourth-order valence-corrected chi connectivity index (χ4v) is 3.65. The highest BCUT2D eigenvalue weighted by molar-refractivity contribution is 5.93. The highest BCUT2D eigenvalue weighted by Crippen LogP contribution is 2.40. The third-order valence-corrected chi connectivity index (χ3v) is 4.78. The van der Waals surface area contributed by atoms with Crippen molar-refractivity contribution in [2.24, 2.45) is 17.8 Å². The SMILES string of the molecule is O=C(COC(=O)C1C[C@@H]2CCC[C@@H](C1)C2=O)Nc1ccccc1. The summed E-state index contributed by atoms with van der Waals surface area (Å²) >= 11 is 0. The van der Waals surface area contributed by atoms with Crippen molar-refractivity contribution in [1.29, 1.82) is 0 Å². The highest BCUT2D eigenvalue weighted by Gasteiger charge is 2.41. The number of nitrogens with one attached hydrogen (secondary N) is 1. The first-order valence-electron chi connectivity index (χ1n) is 8.18. The zero-order valence-electron chi connectivity index (χ0n) is 13.0. The van der Waals surface area contributed by atoms with E-state index in [0.29, 0.717) is 24.3 Å². The van der Waals surface area contributed by atoms with E-state index in [1.165, 1.54) is 0 Å². The van der Waals surface area contributed by atoms with Crippen LogP contribution in [0.3, 0.4) is 0 Å². The molecule has 2 aliphatic carbocycles. The van der Waals surface area contributed by atoms with Gasteiger partial charge in [0, 0.05) is 17.5 Å². The van der Waals surface area contributed by atoms with E-state index in [1.807, 2.05) is 18.2 Å². The van der Waals surface area contributed by atoms with Crippen LogP contribution < -0.4 is 5.32 Å². The number of hydrogen-bond donors (Lipinski definition) is 1. The molecule has 2 saturated carbocycles. The van der Waals surface area contributed by atoms with Crippen LogP contribution in [0.25, 0.3) is 0 Å². The molecule has 0 unspecified atom stereocenters. The number of rotatable bonds is 4. The molecule has 0 spiro atoms. The molecule has 23 heavy (non-hydrogen) atoms. The zero-order chi connectivity index (χ0) is 16.2. The molecular weight excluding hydrogens is 294 g/mol. The lowest BCUT2D eigenvalue weighted by atomic mass is 9.67. The molecule has 122 valence electrons. The van der Waals surface area contributed by atoms with Crippen LogP contribution in [-0.4, -0.2) is 24.3 Å². The van der Waals surface area contributed by atoms with Crippen LogP contribution in [0, 0.1) is 17.8 Å². The van der Waals surface area contributed by atoms with Crippen molar-refractivity contribution in [3.63, 3.8) is 0 Å². The fourth-order valence-electron chi connectivity index (χ4n) is 3.65. The highest BCUT2D eigenvalue weighted by atomic mass is 16.5. The Morgan fingerprint density at radius 1 is 1.09 bits per heavy atom. The number of benzene rings is 1. The van der Waals surface area contributed by atoms with Crippen LogP contribution in [0.15, 0.2) is 30.3 Å². The van der Waals surface area contributed by atoms with E-state index in [1.54, 1.807) is 12.1 Å². The summed E-state index contributed by atoms with van der Waals surface area (Å²) in [4.78, 5) is 36.0. The second-order valence-electron chi connectivity index (χ2n) is 6.42. The predicted molar refractivity (Wildman–Crippen MR) is 84.6 cm³/mol. The Morgan fingerprint density at radius 3 is 2.39 bits per heavy atom. The molecule has 2 aliphatic rings. The van der Waals surface area contributed by atoms with Gasteiger partial charge in [0.1, 0.15) is 5.78 Å². The van der Waals surface area contributed by atoms with Crippen LogP contribution >= 0.6 is 0 Å². The molecule has 5 nitrogen and oxygen atoms in total. The largest absolute Gasteiger partial charge is 0.455 e. The number of anilines is 1. The van der Waals surface area contributed by atoms with E-state index < -0.39 is 0 Å². The minimum atomic E-state index is -0.350. The predicted octanol–water partition coefficient (Wildman–Crippen LogP) is 2.56. The molecule has 3 rings (SSSR count). The van der Waals surface area contributed by atoms with Gasteiger partial charge in [-0.1, -0.05) is 24.6 Å². The Morgan fingerprint density at radius 2 is 1.74 bits per heavy atom. The maximum absolute atomic E-state index is 12.2. The number of carbonyl (C=O) groups is 3. The molecule has 1 aromatic carbocycles. The number of esters is 1. The van der Waals surface area contributed by atoms with Gasteiger partial charge >= 0.3 is 5.97 Å². The van der Waals surface area contributed by atoms with Crippen LogP contribution in [0.1, 0.15) is 32.1 Å². The number of Topliss-reactive ketones (excluding diaryl/α,β-unsaturated/α-hetero) is 1. The van der Waals surface area contributed by atoms with Crippen molar-refractivity contribution in [2.75, 3.05) is 11.9 Å². The lowest BCUT2D eigenvalue weighted by Crippen LogP contribution is -2.40. The number of carbonyl (C=O) groups excluding carboxylic acids is 3. The minimum absolute atomic E-state index is 0.0122. The summed E-state index contributed by atoms with van der Waals surface area (Å²) in [5.41, 5.74) is 0.673. The molecule has 1 N–H and O–H groups in total. The average molecular weight is 315 g/mol. The van der Waals surface area contributed by atoms with Gasteiger partial charge in [-0.15, -0.1) is 0 Å². The third-order valence-electron chi connectivity index (χ3n) is 4.78. The van der Waals surface area contributed by atoms with E-state index in [4.69, 9.17) is 4.74 Å². The van der Waals surface area contributed by atoms with Crippen molar-refractivity contribution >= 4 is 23.3 Å². The van der Waals surface area contributed by atoms with Crippen LogP contribution in [0.4, 0.5) is 5.69 Å². The molecule has 0 saturated heterocycles. The fraction of sp³-hybridized carbons (Fsp3) is 0.500. The molecule has 0 aliphatic heterocycles. The molecule has 2 fully saturated rings. The Kier molecular flexibility index (Phi) is 4.74. The number of amides is 1. The summed E-state index contributed by atoms with van der Waals surface area (Å²) in [6.07, 6.45) is 3.99. The molecular formula is C18H21NO4. The number of hydrogen-bond acceptors (Lipinski definition) is 4. The molecule has 0 radical (unpaired) electrons. The number of fused-ring (bicyclic) bond motifs is 2. The number of ketones is 1. The number of ether oxygens (including phenoxy) is 1. The molecule has 1 amide bonds. The van der Waals surface area contributed by atoms with Gasteiger partial charge in [0.15, 0.2) is 6.61 Å². The van der Waals surface area contributed by atoms with Crippen molar-refractivity contribution in [3.05, 3.63) is 30.3 Å². The molecule has 2 bridgehead atoms. The summed E-state index contributed by atoms with van der Waals surface area (Å²) in [6.45, 7) is -0.284. The van der Waals surface area contributed by atoms with Gasteiger partial charge in [-0.3, -0.25) is 14.4 Å². The maximum atomic E-state index is 12.2. The Hall–Kier alpha value is -2.17. The summed E-state index contributed by atoms with van der Waals surface area (Å²) < 4.78 is 5.15. The smallest absolute Gasteiger partial charge is 0.309 e. The first kappa shape index (κ1) is 15.7. The quantitative estimate of drug-likeness (QED) is 0.867. The van der Waals surface area contributed by atoms with Crippen LogP contribution in [0.5, 0.6) is 0 Å². The van der Waals surface area contributed by atoms with Crippen molar-refractivity contribution in [2.45, 2.75) is 32.1 Å². The zero-order valence-corrected chi connectivity index (χ0v) is 13.0. The van der Waals surface area contributed by atoms with E-state index in [0.717, 1.165) is 19.3 Å². The molecule has 2 atom stereocenters. The molecule has 5 heteroatoms. The van der Waals surface area contributed by atoms with Gasteiger partial charge in [0.25, 0.3) is 5.91 Å². The minimum Gasteiger partial charge on any atom is -0.455 e. The van der Waals surface area contributed by atoms with E-state index in [2.05, 4.69) is 5.32 Å². The Labute approximate surface area is 135 Å². The summed E-state index contributed by atoms with van der Waals surface area (Å²) in [5.74, 6) is -0.597. The Balaban J connectivity index is 1.48. The van der Waals surface area contributed by atoms with Crippen molar-refractivity contribution < 1.29 is 19.1 Å². The van der Waals surface area contributed by atoms with Gasteiger partial charge in [-0.25, -0.2) is 0 Å². The lowest BCUT2D eigenvalue weighted by molar-refractivity contribution is -0.155. The van der Waals surface area contributed by atoms with E-state index >= 15 is 0 Å². The second kappa shape index (κ2) is 6.94. The number of para-hydroxylation sites is 1. The summed E-state index contributed by atoms with van der Waals surface area (Å²) in [6, 6.07) is 9.04. The second-order valence-corrected chi connectivity index (χ2v) is 6.42. The summed E-state index contributed by atoms with van der Waals surface area (Å²) in [7, 11) is 0. The van der Waals surface area contributed by atoms with E-state index in [9.17, 15) is 14.4 Å². The van der Waals surface area contributed by atoms with Gasteiger partial charge < -0.3 is 10.1 Å². The van der Waals surface area contributed by atoms with Crippen molar-refractivity contribution in [1.82, 2.24) is 0 Å². The van der Waals surface area contributed by atoms with Gasteiger partial charge in [-0.05, 0) is 37.8 Å². The lowest BCUT2D eigenvalue weighted by Gasteiger charge is -2.36. The molecule has 0 heterocycles. The molecule has 1 aromatic rings. The van der Waals surface area contributed by atoms with Crippen LogP contribution in [0.2, 0.25) is 0 Å². The maximum Gasteiger partial charge on any atom is 0.309 e. The first-order chi connectivity index (χ1) is 11.1. The normalized spacial score (nSPS) is 26.4. The van der Waals surface area contributed by atoms with Crippen LogP contribution in [-0.2, 0) is 19.1 Å². The monoisotopic (exact) mass is 315 g/mol. The summed E-state index contributed by atoms with van der Waals surface area (Å²) in [5, 5.41) is 2.68. The average Bonchev–Trinajstić information content (AvgIpc) is 2.53. The third kappa shape index (κ3) is 3.78. The van der Waals surface area contributed by atoms with E-state index in [-0.39, 0.29) is 36.2 Å².